The first-order valence-electron chi connectivity index (χ1n) is 7.55. The van der Waals surface area contributed by atoms with Crippen molar-refractivity contribution < 1.29 is 9.53 Å². The zero-order valence-electron chi connectivity index (χ0n) is 13.7. The first-order valence-corrected chi connectivity index (χ1v) is 8.31. The number of carbonyl (C=O) groups is 1. The molecule has 2 aromatic carbocycles. The van der Waals surface area contributed by atoms with E-state index in [1.54, 1.807) is 31.4 Å². The fourth-order valence-corrected chi connectivity index (χ4v) is 2.61. The van der Waals surface area contributed by atoms with E-state index in [-0.39, 0.29) is 11.6 Å². The summed E-state index contributed by atoms with van der Waals surface area (Å²) in [5, 5.41) is 6.55. The summed E-state index contributed by atoms with van der Waals surface area (Å²) >= 11 is 11.9. The van der Waals surface area contributed by atoms with Crippen molar-refractivity contribution in [2.45, 2.75) is 0 Å². The third-order valence-corrected chi connectivity index (χ3v) is 3.94. The Bertz CT molecular complexity index is 950. The highest BCUT2D eigenvalue weighted by Gasteiger charge is 2.12. The zero-order valence-corrected chi connectivity index (χ0v) is 15.2. The van der Waals surface area contributed by atoms with Gasteiger partial charge in [0.25, 0.3) is 5.91 Å². The maximum Gasteiger partial charge on any atom is 0.274 e. The molecule has 26 heavy (non-hydrogen) atoms. The summed E-state index contributed by atoms with van der Waals surface area (Å²) in [6, 6.07) is 13.6. The number of rotatable bonds is 5. The summed E-state index contributed by atoms with van der Waals surface area (Å²) < 4.78 is 5.17. The summed E-state index contributed by atoms with van der Waals surface area (Å²) in [5.41, 5.74) is 1.38. The standard InChI is InChI=1S/C18H14Cl2N4O2/c1-26-13-4-2-3-12(10-13)22-18-21-8-7-16(24-18)17(25)23-15-6-5-11(19)9-14(15)20/h2-10H,1H3,(H,23,25)(H,21,22,24). The van der Waals surface area contributed by atoms with Crippen LogP contribution in [0.4, 0.5) is 17.3 Å². The van der Waals surface area contributed by atoms with Gasteiger partial charge in [-0.15, -0.1) is 0 Å². The number of anilines is 3. The van der Waals surface area contributed by atoms with Gasteiger partial charge in [0, 0.05) is 23.0 Å². The second-order valence-electron chi connectivity index (χ2n) is 5.20. The van der Waals surface area contributed by atoms with Crippen molar-refractivity contribution in [1.29, 1.82) is 0 Å². The van der Waals surface area contributed by atoms with Crippen molar-refractivity contribution in [2.75, 3.05) is 17.7 Å². The topological polar surface area (TPSA) is 76.1 Å². The minimum Gasteiger partial charge on any atom is -0.497 e. The van der Waals surface area contributed by atoms with Gasteiger partial charge in [-0.2, -0.15) is 0 Å². The number of hydrogen-bond acceptors (Lipinski definition) is 5. The van der Waals surface area contributed by atoms with Crippen molar-refractivity contribution in [3.8, 4) is 5.75 Å². The molecule has 0 unspecified atom stereocenters. The van der Waals surface area contributed by atoms with Gasteiger partial charge in [-0.1, -0.05) is 29.3 Å². The largest absolute Gasteiger partial charge is 0.497 e. The quantitative estimate of drug-likeness (QED) is 0.656. The Morgan fingerprint density at radius 3 is 2.73 bits per heavy atom. The molecule has 0 saturated heterocycles. The number of ether oxygens (including phenoxy) is 1. The van der Waals surface area contributed by atoms with Crippen molar-refractivity contribution in [3.63, 3.8) is 0 Å². The Morgan fingerprint density at radius 1 is 1.12 bits per heavy atom. The lowest BCUT2D eigenvalue weighted by Gasteiger charge is -2.09. The Kier molecular flexibility index (Phi) is 5.55. The van der Waals surface area contributed by atoms with Crippen LogP contribution in [0.2, 0.25) is 10.0 Å². The first-order chi connectivity index (χ1) is 12.5. The molecule has 0 spiro atoms. The van der Waals surface area contributed by atoms with E-state index in [4.69, 9.17) is 27.9 Å². The van der Waals surface area contributed by atoms with E-state index in [0.717, 1.165) is 5.69 Å². The predicted octanol–water partition coefficient (Wildman–Crippen LogP) is 4.79. The molecule has 0 aliphatic rings. The highest BCUT2D eigenvalue weighted by molar-refractivity contribution is 6.36. The molecule has 8 heteroatoms. The molecule has 2 N–H and O–H groups in total. The molecule has 3 aromatic rings. The van der Waals surface area contributed by atoms with Crippen molar-refractivity contribution >= 4 is 46.4 Å². The Morgan fingerprint density at radius 2 is 1.96 bits per heavy atom. The Balaban J connectivity index is 1.76. The molecule has 0 atom stereocenters. The molecule has 1 heterocycles. The van der Waals surface area contributed by atoms with Gasteiger partial charge < -0.3 is 15.4 Å². The molecule has 0 aliphatic heterocycles. The third kappa shape index (κ3) is 4.41. The average Bonchev–Trinajstić information content (AvgIpc) is 2.64. The normalized spacial score (nSPS) is 10.3. The minimum atomic E-state index is -0.412. The number of aromatic nitrogens is 2. The van der Waals surface area contributed by atoms with Gasteiger partial charge in [0.2, 0.25) is 5.95 Å². The van der Waals surface area contributed by atoms with Gasteiger partial charge in [0.1, 0.15) is 11.4 Å². The number of nitrogens with zero attached hydrogens (tertiary/aromatic N) is 2. The lowest BCUT2D eigenvalue weighted by Crippen LogP contribution is -2.15. The van der Waals surface area contributed by atoms with Gasteiger partial charge >= 0.3 is 0 Å². The highest BCUT2D eigenvalue weighted by atomic mass is 35.5. The van der Waals surface area contributed by atoms with Crippen LogP contribution in [0.3, 0.4) is 0 Å². The van der Waals surface area contributed by atoms with Crippen molar-refractivity contribution in [1.82, 2.24) is 9.97 Å². The first kappa shape index (κ1) is 18.0. The maximum absolute atomic E-state index is 12.4. The fraction of sp³-hybridized carbons (Fsp3) is 0.0556. The van der Waals surface area contributed by atoms with E-state index >= 15 is 0 Å². The molecule has 0 aliphatic carbocycles. The summed E-state index contributed by atoms with van der Waals surface area (Å²) in [6.07, 6.45) is 1.49. The van der Waals surface area contributed by atoms with E-state index in [2.05, 4.69) is 20.6 Å². The average molecular weight is 389 g/mol. The smallest absolute Gasteiger partial charge is 0.274 e. The van der Waals surface area contributed by atoms with Crippen LogP contribution in [0.5, 0.6) is 5.75 Å². The van der Waals surface area contributed by atoms with Crippen molar-refractivity contribution in [2.24, 2.45) is 0 Å². The van der Waals surface area contributed by atoms with Crippen LogP contribution in [-0.4, -0.2) is 23.0 Å². The van der Waals surface area contributed by atoms with Gasteiger partial charge in [0.15, 0.2) is 0 Å². The van der Waals surface area contributed by atoms with Gasteiger partial charge in [-0.3, -0.25) is 4.79 Å². The second kappa shape index (κ2) is 8.03. The van der Waals surface area contributed by atoms with Gasteiger partial charge in [-0.05, 0) is 36.4 Å². The molecule has 1 amide bonds. The number of amides is 1. The van der Waals surface area contributed by atoms with E-state index in [1.165, 1.54) is 12.3 Å². The fourth-order valence-electron chi connectivity index (χ4n) is 2.15. The number of hydrogen-bond donors (Lipinski definition) is 2. The summed E-state index contributed by atoms with van der Waals surface area (Å²) in [6.45, 7) is 0. The van der Waals surface area contributed by atoms with Crippen LogP contribution in [0.1, 0.15) is 10.5 Å². The molecule has 0 radical (unpaired) electrons. The highest BCUT2D eigenvalue weighted by Crippen LogP contribution is 2.26. The molecule has 1 aromatic heterocycles. The van der Waals surface area contributed by atoms with Crippen LogP contribution in [0.25, 0.3) is 0 Å². The number of halogens is 2. The zero-order chi connectivity index (χ0) is 18.5. The maximum atomic E-state index is 12.4. The lowest BCUT2D eigenvalue weighted by atomic mass is 10.3. The van der Waals surface area contributed by atoms with Crippen molar-refractivity contribution in [3.05, 3.63) is 70.5 Å². The minimum absolute atomic E-state index is 0.191. The number of nitrogens with one attached hydrogen (secondary N) is 2. The summed E-state index contributed by atoms with van der Waals surface area (Å²) in [7, 11) is 1.59. The van der Waals surface area contributed by atoms with E-state index in [9.17, 15) is 4.79 Å². The number of methoxy groups -OCH3 is 1. The summed E-state index contributed by atoms with van der Waals surface area (Å²) in [4.78, 5) is 20.8. The Labute approximate surface area is 160 Å². The molecule has 0 fully saturated rings. The van der Waals surface area contributed by atoms with Crippen LogP contribution in [-0.2, 0) is 0 Å². The monoisotopic (exact) mass is 388 g/mol. The Hall–Kier alpha value is -2.83. The molecule has 6 nitrogen and oxygen atoms in total. The molecular formula is C18H14Cl2N4O2. The molecule has 132 valence electrons. The van der Waals surface area contributed by atoms with Gasteiger partial charge in [0.05, 0.1) is 17.8 Å². The van der Waals surface area contributed by atoms with Crippen LogP contribution in [0.15, 0.2) is 54.7 Å². The number of carbonyl (C=O) groups excluding carboxylic acids is 1. The molecule has 0 bridgehead atoms. The summed E-state index contributed by atoms with van der Waals surface area (Å²) in [5.74, 6) is 0.569. The predicted molar refractivity (Wildman–Crippen MR) is 103 cm³/mol. The van der Waals surface area contributed by atoms with Gasteiger partial charge in [-0.25, -0.2) is 9.97 Å². The SMILES string of the molecule is COc1cccc(Nc2nccc(C(=O)Nc3ccc(Cl)cc3Cl)n2)c1. The lowest BCUT2D eigenvalue weighted by molar-refractivity contribution is 0.102. The molecule has 3 rings (SSSR count). The van der Waals surface area contributed by atoms with Crippen LogP contribution >= 0.6 is 23.2 Å². The molecular weight excluding hydrogens is 375 g/mol. The number of benzene rings is 2. The van der Waals surface area contributed by atoms with E-state index in [0.29, 0.717) is 21.5 Å². The van der Waals surface area contributed by atoms with Crippen LogP contribution in [0, 0.1) is 0 Å². The van der Waals surface area contributed by atoms with E-state index < -0.39 is 5.91 Å². The van der Waals surface area contributed by atoms with E-state index in [1.807, 2.05) is 18.2 Å². The second-order valence-corrected chi connectivity index (χ2v) is 6.04. The molecule has 0 saturated carbocycles. The third-order valence-electron chi connectivity index (χ3n) is 3.39. The van der Waals surface area contributed by atoms with Crippen LogP contribution < -0.4 is 15.4 Å².